The number of carbonyl (C=O) groups excluding carboxylic acids is 1. The average Bonchev–Trinajstić information content (AvgIpc) is 2.55. The summed E-state index contributed by atoms with van der Waals surface area (Å²) in [5.74, 6) is 0.943. The number of hydrogen-bond acceptors (Lipinski definition) is 2. The predicted octanol–water partition coefficient (Wildman–Crippen LogP) is 3.90. The lowest BCUT2D eigenvalue weighted by atomic mass is 10.1. The van der Waals surface area contributed by atoms with Crippen molar-refractivity contribution in [3.05, 3.63) is 65.7 Å². The van der Waals surface area contributed by atoms with Crippen molar-refractivity contribution in [2.45, 2.75) is 32.7 Å². The Morgan fingerprint density at radius 1 is 1.09 bits per heavy atom. The molecule has 22 heavy (non-hydrogen) atoms. The first-order valence-corrected chi connectivity index (χ1v) is 7.75. The summed E-state index contributed by atoms with van der Waals surface area (Å²) >= 11 is 0. The van der Waals surface area contributed by atoms with E-state index >= 15 is 0 Å². The van der Waals surface area contributed by atoms with E-state index in [1.807, 2.05) is 68.4 Å². The number of benzene rings is 2. The highest BCUT2D eigenvalue weighted by molar-refractivity contribution is 5.76. The first kappa shape index (κ1) is 16.1. The molecule has 0 aliphatic heterocycles. The van der Waals surface area contributed by atoms with Crippen LogP contribution < -0.4 is 10.1 Å². The minimum atomic E-state index is 0.0361. The summed E-state index contributed by atoms with van der Waals surface area (Å²) in [6.45, 7) is 4.63. The molecule has 0 aliphatic carbocycles. The fraction of sp³-hybridized carbons (Fsp3) is 0.316. The number of nitrogens with one attached hydrogen (secondary N) is 1. The number of amides is 1. The van der Waals surface area contributed by atoms with Gasteiger partial charge in [0.25, 0.3) is 0 Å². The number of aryl methyl sites for hydroxylation is 1. The van der Waals surface area contributed by atoms with Crippen LogP contribution in [-0.4, -0.2) is 12.5 Å². The van der Waals surface area contributed by atoms with Crippen molar-refractivity contribution < 1.29 is 9.53 Å². The lowest BCUT2D eigenvalue weighted by Gasteiger charge is -2.14. The molecule has 0 aromatic heterocycles. The highest BCUT2D eigenvalue weighted by Gasteiger charge is 2.09. The van der Waals surface area contributed by atoms with Crippen molar-refractivity contribution in [1.29, 1.82) is 0 Å². The Labute approximate surface area is 132 Å². The van der Waals surface area contributed by atoms with Crippen LogP contribution in [0.3, 0.4) is 0 Å². The van der Waals surface area contributed by atoms with Crippen molar-refractivity contribution in [3.63, 3.8) is 0 Å². The Kier molecular flexibility index (Phi) is 6.01. The molecule has 3 nitrogen and oxygen atoms in total. The average molecular weight is 297 g/mol. The van der Waals surface area contributed by atoms with Gasteiger partial charge in [-0.15, -0.1) is 0 Å². The molecule has 3 heteroatoms. The Hall–Kier alpha value is -2.29. The molecule has 0 saturated heterocycles. The van der Waals surface area contributed by atoms with Crippen LogP contribution in [0.2, 0.25) is 0 Å². The lowest BCUT2D eigenvalue weighted by molar-refractivity contribution is -0.121. The molecule has 0 heterocycles. The molecule has 2 aromatic rings. The Bertz CT molecular complexity index is 578. The van der Waals surface area contributed by atoms with Gasteiger partial charge in [0.05, 0.1) is 12.6 Å². The molecule has 0 spiro atoms. The number of rotatable bonds is 7. The van der Waals surface area contributed by atoms with Crippen LogP contribution in [0.5, 0.6) is 5.75 Å². The van der Waals surface area contributed by atoms with Crippen LogP contribution in [0.1, 0.15) is 37.4 Å². The maximum Gasteiger partial charge on any atom is 0.220 e. The summed E-state index contributed by atoms with van der Waals surface area (Å²) in [7, 11) is 0. The molecular formula is C19H23NO2. The third kappa shape index (κ3) is 4.92. The largest absolute Gasteiger partial charge is 0.494 e. The van der Waals surface area contributed by atoms with Gasteiger partial charge in [-0.05, 0) is 43.5 Å². The summed E-state index contributed by atoms with van der Waals surface area (Å²) in [6, 6.07) is 18.0. The van der Waals surface area contributed by atoms with Gasteiger partial charge in [-0.25, -0.2) is 0 Å². The van der Waals surface area contributed by atoms with E-state index < -0.39 is 0 Å². The molecule has 1 atom stereocenters. The minimum absolute atomic E-state index is 0.0361. The van der Waals surface area contributed by atoms with Crippen LogP contribution in [0, 0.1) is 0 Å². The van der Waals surface area contributed by atoms with Gasteiger partial charge in [0.2, 0.25) is 5.91 Å². The van der Waals surface area contributed by atoms with Crippen LogP contribution in [-0.2, 0) is 11.2 Å². The Morgan fingerprint density at radius 2 is 1.77 bits per heavy atom. The van der Waals surface area contributed by atoms with Crippen LogP contribution >= 0.6 is 0 Å². The third-order valence-electron chi connectivity index (χ3n) is 3.55. The number of hydrogen-bond donors (Lipinski definition) is 1. The van der Waals surface area contributed by atoms with E-state index in [1.54, 1.807) is 0 Å². The highest BCUT2D eigenvalue weighted by Crippen LogP contribution is 2.14. The van der Waals surface area contributed by atoms with Gasteiger partial charge in [0.15, 0.2) is 0 Å². The second-order valence-corrected chi connectivity index (χ2v) is 5.28. The quantitative estimate of drug-likeness (QED) is 0.842. The molecule has 0 bridgehead atoms. The standard InChI is InChI=1S/C19H23NO2/c1-3-22-18-12-9-16(10-13-18)11-14-19(21)20-15(2)17-7-5-4-6-8-17/h4-10,12-13,15H,3,11,14H2,1-2H3,(H,20,21). The normalized spacial score (nSPS) is 11.7. The summed E-state index contributed by atoms with van der Waals surface area (Å²) < 4.78 is 5.41. The molecule has 0 aliphatic rings. The molecular weight excluding hydrogens is 274 g/mol. The molecule has 0 fully saturated rings. The molecule has 2 aromatic carbocycles. The molecule has 1 amide bonds. The van der Waals surface area contributed by atoms with Gasteiger partial charge < -0.3 is 10.1 Å². The van der Waals surface area contributed by atoms with Gasteiger partial charge in [0.1, 0.15) is 5.75 Å². The van der Waals surface area contributed by atoms with Crippen LogP contribution in [0.4, 0.5) is 0 Å². The van der Waals surface area contributed by atoms with Crippen molar-refractivity contribution in [3.8, 4) is 5.75 Å². The van der Waals surface area contributed by atoms with Gasteiger partial charge in [-0.3, -0.25) is 4.79 Å². The lowest BCUT2D eigenvalue weighted by Crippen LogP contribution is -2.26. The van der Waals surface area contributed by atoms with Crippen molar-refractivity contribution in [2.24, 2.45) is 0 Å². The SMILES string of the molecule is CCOc1ccc(CCC(=O)NC(C)c2ccccc2)cc1. The van der Waals surface area contributed by atoms with E-state index in [0.717, 1.165) is 23.3 Å². The predicted molar refractivity (Wildman–Crippen MR) is 88.9 cm³/mol. The Balaban J connectivity index is 1.80. The van der Waals surface area contributed by atoms with E-state index in [4.69, 9.17) is 4.74 Å². The summed E-state index contributed by atoms with van der Waals surface area (Å²) in [5.41, 5.74) is 2.27. The number of carbonyl (C=O) groups is 1. The maximum absolute atomic E-state index is 12.0. The molecule has 116 valence electrons. The fourth-order valence-electron chi connectivity index (χ4n) is 2.32. The molecule has 1 unspecified atom stereocenters. The minimum Gasteiger partial charge on any atom is -0.494 e. The second-order valence-electron chi connectivity index (χ2n) is 5.28. The van der Waals surface area contributed by atoms with Gasteiger partial charge in [0, 0.05) is 6.42 Å². The first-order valence-electron chi connectivity index (χ1n) is 7.75. The van der Waals surface area contributed by atoms with E-state index in [0.29, 0.717) is 13.0 Å². The van der Waals surface area contributed by atoms with Gasteiger partial charge in [-0.2, -0.15) is 0 Å². The first-order chi connectivity index (χ1) is 10.7. The second kappa shape index (κ2) is 8.23. The monoisotopic (exact) mass is 297 g/mol. The maximum atomic E-state index is 12.0. The zero-order valence-electron chi connectivity index (χ0n) is 13.2. The van der Waals surface area contributed by atoms with Crippen LogP contribution in [0.25, 0.3) is 0 Å². The molecule has 0 radical (unpaired) electrons. The topological polar surface area (TPSA) is 38.3 Å². The van der Waals surface area contributed by atoms with E-state index in [9.17, 15) is 4.79 Å². The summed E-state index contributed by atoms with van der Waals surface area (Å²) in [4.78, 5) is 12.0. The van der Waals surface area contributed by atoms with E-state index in [1.165, 1.54) is 0 Å². The van der Waals surface area contributed by atoms with Crippen molar-refractivity contribution in [1.82, 2.24) is 5.32 Å². The Morgan fingerprint density at radius 3 is 2.41 bits per heavy atom. The van der Waals surface area contributed by atoms with E-state index in [-0.39, 0.29) is 11.9 Å². The zero-order valence-corrected chi connectivity index (χ0v) is 13.2. The molecule has 0 saturated carbocycles. The summed E-state index contributed by atoms with van der Waals surface area (Å²) in [6.07, 6.45) is 1.23. The zero-order chi connectivity index (χ0) is 15.8. The summed E-state index contributed by atoms with van der Waals surface area (Å²) in [5, 5.41) is 3.03. The van der Waals surface area contributed by atoms with Crippen LogP contribution in [0.15, 0.2) is 54.6 Å². The fourth-order valence-corrected chi connectivity index (χ4v) is 2.32. The van der Waals surface area contributed by atoms with Gasteiger partial charge >= 0.3 is 0 Å². The van der Waals surface area contributed by atoms with Crippen molar-refractivity contribution >= 4 is 5.91 Å². The smallest absolute Gasteiger partial charge is 0.220 e. The van der Waals surface area contributed by atoms with Crippen molar-refractivity contribution in [2.75, 3.05) is 6.61 Å². The van der Waals surface area contributed by atoms with E-state index in [2.05, 4.69) is 5.32 Å². The molecule has 2 rings (SSSR count). The van der Waals surface area contributed by atoms with Gasteiger partial charge in [-0.1, -0.05) is 42.5 Å². The molecule has 1 N–H and O–H groups in total. The highest BCUT2D eigenvalue weighted by atomic mass is 16.5. The third-order valence-corrected chi connectivity index (χ3v) is 3.55. The number of ether oxygens (including phenoxy) is 1.